The first kappa shape index (κ1) is 26.9. The van der Waals surface area contributed by atoms with Gasteiger partial charge in [-0.3, -0.25) is 29.6 Å². The van der Waals surface area contributed by atoms with Gasteiger partial charge in [-0.25, -0.2) is 9.59 Å². The van der Waals surface area contributed by atoms with E-state index in [2.05, 4.69) is 0 Å². The summed E-state index contributed by atoms with van der Waals surface area (Å²) < 4.78 is 11.2. The molecule has 4 rings (SSSR count). The number of non-ortho nitro benzene ring substituents is 2. The van der Waals surface area contributed by atoms with Crippen LogP contribution in [0.4, 0.5) is 11.4 Å². The minimum atomic E-state index is -1.26. The number of rotatable bonds is 7. The van der Waals surface area contributed by atoms with Gasteiger partial charge in [-0.05, 0) is 24.1 Å². The second-order valence-electron chi connectivity index (χ2n) is 8.12. The molecule has 2 heterocycles. The molecule has 0 saturated carbocycles. The molecule has 0 spiro atoms. The zero-order valence-corrected chi connectivity index (χ0v) is 21.3. The van der Waals surface area contributed by atoms with Crippen LogP contribution >= 0.6 is 11.3 Å². The van der Waals surface area contributed by atoms with Gasteiger partial charge in [0.2, 0.25) is 0 Å². The second-order valence-corrected chi connectivity index (χ2v) is 9.15. The van der Waals surface area contributed by atoms with Crippen LogP contribution in [0, 0.1) is 20.2 Å². The maximum Gasteiger partial charge on any atom is 0.338 e. The predicted molar refractivity (Wildman–Crippen MR) is 140 cm³/mol. The van der Waals surface area contributed by atoms with Crippen LogP contribution in [0.3, 0.4) is 0 Å². The number of benzene rings is 2. The van der Waals surface area contributed by atoms with Crippen molar-refractivity contribution in [2.75, 3.05) is 13.7 Å². The van der Waals surface area contributed by atoms with E-state index in [9.17, 15) is 34.6 Å². The summed E-state index contributed by atoms with van der Waals surface area (Å²) in [6.45, 7) is 1.50. The Bertz CT molecular complexity index is 1750. The van der Waals surface area contributed by atoms with Crippen LogP contribution in [0.25, 0.3) is 17.5 Å². The lowest BCUT2D eigenvalue weighted by molar-refractivity contribution is -0.385. The molecule has 1 aliphatic heterocycles. The molecular weight excluding hydrogens is 532 g/mol. The molecular formula is C25H20N4O9S. The Balaban J connectivity index is 2.11. The van der Waals surface area contributed by atoms with Crippen LogP contribution in [0.15, 0.2) is 58.9 Å². The van der Waals surface area contributed by atoms with Gasteiger partial charge in [0.1, 0.15) is 10.5 Å². The van der Waals surface area contributed by atoms with Gasteiger partial charge in [0.15, 0.2) is 0 Å². The van der Waals surface area contributed by atoms with Crippen LogP contribution in [-0.2, 0) is 19.1 Å². The molecule has 0 fully saturated rings. The smallest absolute Gasteiger partial charge is 0.338 e. The van der Waals surface area contributed by atoms with Crippen molar-refractivity contribution in [2.24, 2.45) is 5.73 Å². The highest BCUT2D eigenvalue weighted by molar-refractivity contribution is 7.07. The molecule has 13 nitrogen and oxygen atoms in total. The van der Waals surface area contributed by atoms with Gasteiger partial charge in [-0.2, -0.15) is 0 Å². The van der Waals surface area contributed by atoms with Gasteiger partial charge in [-0.1, -0.05) is 24.3 Å². The third-order valence-corrected chi connectivity index (χ3v) is 6.95. The highest BCUT2D eigenvalue weighted by Gasteiger charge is 2.40. The van der Waals surface area contributed by atoms with E-state index in [0.717, 1.165) is 23.0 Å². The number of esters is 2. The Morgan fingerprint density at radius 3 is 2.31 bits per heavy atom. The van der Waals surface area contributed by atoms with Crippen molar-refractivity contribution in [1.82, 2.24) is 4.57 Å². The Hall–Kier alpha value is -5.11. The topological polar surface area (TPSA) is 187 Å². The van der Waals surface area contributed by atoms with E-state index in [1.807, 2.05) is 0 Å². The van der Waals surface area contributed by atoms with Crippen molar-refractivity contribution in [3.8, 4) is 0 Å². The normalized spacial score (nSPS) is 15.1. The van der Waals surface area contributed by atoms with Crippen molar-refractivity contribution in [2.45, 2.75) is 12.8 Å². The Labute approximate surface area is 223 Å². The molecule has 0 radical (unpaired) electrons. The third kappa shape index (κ3) is 4.92. The monoisotopic (exact) mass is 552 g/mol. The molecule has 3 aromatic rings. The molecule has 0 aliphatic carbocycles. The lowest BCUT2D eigenvalue weighted by Crippen LogP contribution is -2.41. The predicted octanol–water partition coefficient (Wildman–Crippen LogP) is 1.37. The molecule has 1 atom stereocenters. The van der Waals surface area contributed by atoms with E-state index < -0.39 is 33.3 Å². The van der Waals surface area contributed by atoms with Crippen LogP contribution in [-0.4, -0.2) is 40.1 Å². The van der Waals surface area contributed by atoms with Gasteiger partial charge in [0, 0.05) is 24.3 Å². The molecule has 2 N–H and O–H groups in total. The van der Waals surface area contributed by atoms with Crippen LogP contribution < -0.4 is 20.5 Å². The largest absolute Gasteiger partial charge is 0.466 e. The quantitative estimate of drug-likeness (QED) is 0.255. The van der Waals surface area contributed by atoms with Gasteiger partial charge in [0.25, 0.3) is 16.9 Å². The zero-order valence-electron chi connectivity index (χ0n) is 20.5. The fraction of sp³-hybridized carbons (Fsp3) is 0.160. The van der Waals surface area contributed by atoms with Crippen molar-refractivity contribution in [1.29, 1.82) is 0 Å². The summed E-state index contributed by atoms with van der Waals surface area (Å²) in [7, 11) is 1.11. The number of hydrogen-bond donors (Lipinski definition) is 1. The van der Waals surface area contributed by atoms with E-state index in [4.69, 9.17) is 15.2 Å². The number of carbonyl (C=O) groups excluding carboxylic acids is 2. The number of nitrogens with zero attached hydrogens (tertiary/aromatic N) is 3. The standard InChI is InChI=1S/C25H20N4O9S/c1-3-38-25(32)19-18(14-7-5-9-16(12-14)29(35)36)20(24(31)37-2)23-27(21(19)26)22(30)17(39-23)11-13-6-4-8-15(10-13)28(33)34/h4-12,18H,3,26H2,1-2H3. The van der Waals surface area contributed by atoms with E-state index in [-0.39, 0.29) is 49.7 Å². The van der Waals surface area contributed by atoms with Crippen LogP contribution in [0.1, 0.15) is 24.0 Å². The van der Waals surface area contributed by atoms with Crippen LogP contribution in [0.2, 0.25) is 0 Å². The molecule has 1 aromatic heterocycles. The van der Waals surface area contributed by atoms with Gasteiger partial charge in [-0.15, -0.1) is 11.3 Å². The van der Waals surface area contributed by atoms with Crippen molar-refractivity contribution in [3.63, 3.8) is 0 Å². The maximum absolute atomic E-state index is 13.5. The first-order chi connectivity index (χ1) is 18.6. The van der Waals surface area contributed by atoms with E-state index in [1.54, 1.807) is 13.0 Å². The lowest BCUT2D eigenvalue weighted by Gasteiger charge is -2.26. The average Bonchev–Trinajstić information content (AvgIpc) is 3.23. The SMILES string of the molecule is CCOC(=O)C1=C(N)n2c(sc(=Cc3cccc([N+](=O)[O-])c3)c2=O)=C(C(=O)OC)C1c1cccc([N+](=O)[O-])c1. The number of nitrogens with two attached hydrogens (primary N) is 1. The third-order valence-electron chi connectivity index (χ3n) is 5.84. The average molecular weight is 553 g/mol. The number of nitro groups is 2. The van der Waals surface area contributed by atoms with Crippen LogP contribution in [0.5, 0.6) is 0 Å². The number of nitro benzene ring substituents is 2. The Morgan fingerprint density at radius 1 is 1.05 bits per heavy atom. The fourth-order valence-corrected chi connectivity index (χ4v) is 5.36. The minimum Gasteiger partial charge on any atom is -0.466 e. The van der Waals surface area contributed by atoms with E-state index in [0.29, 0.717) is 5.56 Å². The molecule has 1 aliphatic rings. The Morgan fingerprint density at radius 2 is 1.69 bits per heavy atom. The van der Waals surface area contributed by atoms with Crippen molar-refractivity contribution >= 4 is 52.1 Å². The maximum atomic E-state index is 13.5. The molecule has 0 saturated heterocycles. The number of hydrogen-bond acceptors (Lipinski definition) is 11. The highest BCUT2D eigenvalue weighted by atomic mass is 32.1. The molecule has 0 amide bonds. The summed E-state index contributed by atoms with van der Waals surface area (Å²) in [5.74, 6) is -3.42. The summed E-state index contributed by atoms with van der Waals surface area (Å²) in [6.07, 6.45) is 1.39. The summed E-state index contributed by atoms with van der Waals surface area (Å²) in [6, 6.07) is 10.9. The second kappa shape index (κ2) is 10.7. The van der Waals surface area contributed by atoms with Gasteiger partial charge in [0.05, 0.1) is 45.2 Å². The zero-order chi connectivity index (χ0) is 28.4. The molecule has 39 heavy (non-hydrogen) atoms. The van der Waals surface area contributed by atoms with Gasteiger partial charge < -0.3 is 15.2 Å². The molecule has 0 bridgehead atoms. The molecule has 200 valence electrons. The summed E-state index contributed by atoms with van der Waals surface area (Å²) >= 11 is 0.850. The number of thiazole rings is 1. The fourth-order valence-electron chi connectivity index (χ4n) is 4.19. The van der Waals surface area contributed by atoms with E-state index >= 15 is 0 Å². The molecule has 14 heteroatoms. The molecule has 1 unspecified atom stereocenters. The molecule has 2 aromatic carbocycles. The van der Waals surface area contributed by atoms with E-state index in [1.165, 1.54) is 48.5 Å². The van der Waals surface area contributed by atoms with Crippen molar-refractivity contribution < 1.29 is 28.9 Å². The summed E-state index contributed by atoms with van der Waals surface area (Å²) in [4.78, 5) is 61.2. The first-order valence-corrected chi connectivity index (χ1v) is 12.1. The Kier molecular flexibility index (Phi) is 7.40. The van der Waals surface area contributed by atoms with Crippen molar-refractivity contribution in [3.05, 3.63) is 105 Å². The lowest BCUT2D eigenvalue weighted by atomic mass is 9.83. The number of ether oxygens (including phenoxy) is 2. The highest BCUT2D eigenvalue weighted by Crippen LogP contribution is 2.38. The minimum absolute atomic E-state index is 0.0329. The first-order valence-electron chi connectivity index (χ1n) is 11.3. The summed E-state index contributed by atoms with van der Waals surface area (Å²) in [5.41, 5.74) is 5.26. The number of aromatic nitrogens is 1. The number of methoxy groups -OCH3 is 1. The van der Waals surface area contributed by atoms with Gasteiger partial charge >= 0.3 is 11.9 Å². The number of fused-ring (bicyclic) bond motifs is 1. The summed E-state index contributed by atoms with van der Waals surface area (Å²) in [5, 5.41) is 22.6. The number of carbonyl (C=O) groups is 2.